The molecule has 1 unspecified atom stereocenters. The zero-order valence-electron chi connectivity index (χ0n) is 17.8. The molecule has 1 N–H and O–H groups in total. The Morgan fingerprint density at radius 3 is 2.37 bits per heavy atom. The highest BCUT2D eigenvalue weighted by Gasteiger charge is 2.48. The zero-order valence-corrected chi connectivity index (χ0v) is 17.8. The number of methoxy groups -OCH3 is 2. The van der Waals surface area contributed by atoms with Gasteiger partial charge >= 0.3 is 0 Å². The van der Waals surface area contributed by atoms with E-state index >= 15 is 0 Å². The van der Waals surface area contributed by atoms with Gasteiger partial charge in [0, 0.05) is 24.2 Å². The van der Waals surface area contributed by atoms with Gasteiger partial charge in [-0.05, 0) is 49.4 Å². The third-order valence-electron chi connectivity index (χ3n) is 6.52. The maximum atomic E-state index is 11.5. The summed E-state index contributed by atoms with van der Waals surface area (Å²) in [4.78, 5) is 2.54. The van der Waals surface area contributed by atoms with Crippen LogP contribution >= 0.6 is 0 Å². The average Bonchev–Trinajstić information content (AvgIpc) is 3.01. The standard InChI is InChI=1S/C25H31NO4/c1-4-14-30-24-18(6-5-7-23(24)29-3)17-26-20-10-11-21(26)16-25(27,15-20)19-8-12-22(28-2)13-9-19/h4-9,12-13,20-21,27H,1,10-11,14-17H2,2-3H3/t20-,21+,25?. The first-order valence-electron chi connectivity index (χ1n) is 10.6. The van der Waals surface area contributed by atoms with E-state index in [0.717, 1.165) is 60.6 Å². The van der Waals surface area contributed by atoms with Crippen molar-refractivity contribution < 1.29 is 19.3 Å². The highest BCUT2D eigenvalue weighted by Crippen LogP contribution is 2.47. The lowest BCUT2D eigenvalue weighted by atomic mass is 9.80. The van der Waals surface area contributed by atoms with Gasteiger partial charge < -0.3 is 19.3 Å². The molecule has 0 spiro atoms. The van der Waals surface area contributed by atoms with Crippen LogP contribution in [0.15, 0.2) is 55.1 Å². The van der Waals surface area contributed by atoms with E-state index in [4.69, 9.17) is 14.2 Å². The van der Waals surface area contributed by atoms with Crippen molar-refractivity contribution >= 4 is 0 Å². The van der Waals surface area contributed by atoms with Crippen LogP contribution in [-0.2, 0) is 12.1 Å². The lowest BCUT2D eigenvalue weighted by molar-refractivity contribution is -0.0596. The van der Waals surface area contributed by atoms with Crippen molar-refractivity contribution in [3.8, 4) is 17.2 Å². The van der Waals surface area contributed by atoms with Gasteiger partial charge in [-0.2, -0.15) is 0 Å². The molecule has 2 aromatic rings. The summed E-state index contributed by atoms with van der Waals surface area (Å²) in [6, 6.07) is 14.6. The van der Waals surface area contributed by atoms with Gasteiger partial charge in [-0.3, -0.25) is 4.90 Å². The zero-order chi connectivity index (χ0) is 21.1. The number of piperidine rings is 1. The van der Waals surface area contributed by atoms with Gasteiger partial charge in [-0.15, -0.1) is 0 Å². The van der Waals surface area contributed by atoms with Gasteiger partial charge in [-0.1, -0.05) is 36.9 Å². The third-order valence-corrected chi connectivity index (χ3v) is 6.52. The molecule has 5 heteroatoms. The number of fused-ring (bicyclic) bond motifs is 2. The van der Waals surface area contributed by atoms with Crippen LogP contribution in [0.25, 0.3) is 0 Å². The second-order valence-electron chi connectivity index (χ2n) is 8.27. The van der Waals surface area contributed by atoms with Gasteiger partial charge in [0.25, 0.3) is 0 Å². The van der Waals surface area contributed by atoms with Crippen LogP contribution in [0.5, 0.6) is 17.2 Å². The fourth-order valence-electron chi connectivity index (χ4n) is 5.06. The predicted molar refractivity (Wildman–Crippen MR) is 117 cm³/mol. The van der Waals surface area contributed by atoms with Crippen LogP contribution in [-0.4, -0.2) is 42.9 Å². The fraction of sp³-hybridized carbons (Fsp3) is 0.440. The van der Waals surface area contributed by atoms with E-state index in [2.05, 4.69) is 17.5 Å². The molecule has 2 aromatic carbocycles. The fourth-order valence-corrected chi connectivity index (χ4v) is 5.06. The van der Waals surface area contributed by atoms with Crippen molar-refractivity contribution in [3.63, 3.8) is 0 Å². The average molecular weight is 410 g/mol. The molecule has 5 nitrogen and oxygen atoms in total. The minimum absolute atomic E-state index is 0.342. The number of benzene rings is 2. The Labute approximate surface area is 178 Å². The quantitative estimate of drug-likeness (QED) is 0.660. The Bertz CT molecular complexity index is 865. The molecule has 2 saturated heterocycles. The van der Waals surface area contributed by atoms with Crippen molar-refractivity contribution in [2.24, 2.45) is 0 Å². The van der Waals surface area contributed by atoms with E-state index in [1.165, 1.54) is 0 Å². The Hall–Kier alpha value is -2.50. The number of hydrogen-bond donors (Lipinski definition) is 1. The Balaban J connectivity index is 1.54. The lowest BCUT2D eigenvalue weighted by Gasteiger charge is -2.44. The van der Waals surface area contributed by atoms with Crippen LogP contribution < -0.4 is 14.2 Å². The topological polar surface area (TPSA) is 51.2 Å². The van der Waals surface area contributed by atoms with Crippen LogP contribution in [0.3, 0.4) is 0 Å². The number of hydrogen-bond acceptors (Lipinski definition) is 5. The SMILES string of the molecule is C=CCOc1c(CN2[C@@H]3CC[C@H]2CC(O)(c2ccc(OC)cc2)C3)cccc1OC. The minimum Gasteiger partial charge on any atom is -0.497 e. The van der Waals surface area contributed by atoms with Crippen LogP contribution in [0.4, 0.5) is 0 Å². The summed E-state index contributed by atoms with van der Waals surface area (Å²) in [5.41, 5.74) is 1.31. The van der Waals surface area contributed by atoms with Crippen LogP contribution in [0, 0.1) is 0 Å². The highest BCUT2D eigenvalue weighted by molar-refractivity contribution is 5.47. The normalized spacial score (nSPS) is 25.7. The molecule has 3 atom stereocenters. The molecule has 2 bridgehead atoms. The predicted octanol–water partition coefficient (Wildman–Crippen LogP) is 4.28. The second kappa shape index (κ2) is 8.70. The Morgan fingerprint density at radius 1 is 1.07 bits per heavy atom. The molecule has 2 heterocycles. The smallest absolute Gasteiger partial charge is 0.166 e. The third kappa shape index (κ3) is 3.92. The largest absolute Gasteiger partial charge is 0.497 e. The summed E-state index contributed by atoms with van der Waals surface area (Å²) in [7, 11) is 3.33. The Kier molecular flexibility index (Phi) is 6.02. The molecule has 30 heavy (non-hydrogen) atoms. The molecule has 2 fully saturated rings. The summed E-state index contributed by atoms with van der Waals surface area (Å²) in [5.74, 6) is 2.34. The molecule has 0 aromatic heterocycles. The van der Waals surface area contributed by atoms with Crippen molar-refractivity contribution in [1.82, 2.24) is 4.90 Å². The number of rotatable bonds is 8. The molecule has 2 aliphatic heterocycles. The summed E-state index contributed by atoms with van der Waals surface area (Å²) in [6.07, 6.45) is 5.44. The van der Waals surface area contributed by atoms with Crippen molar-refractivity contribution in [2.45, 2.75) is 49.9 Å². The van der Waals surface area contributed by atoms with Gasteiger partial charge in [0.15, 0.2) is 11.5 Å². The molecular weight excluding hydrogens is 378 g/mol. The number of aliphatic hydroxyl groups is 1. The maximum Gasteiger partial charge on any atom is 0.166 e. The molecule has 2 aliphatic rings. The van der Waals surface area contributed by atoms with Crippen molar-refractivity contribution in [3.05, 3.63) is 66.2 Å². The van der Waals surface area contributed by atoms with Gasteiger partial charge in [0.2, 0.25) is 0 Å². The van der Waals surface area contributed by atoms with E-state index < -0.39 is 5.60 Å². The van der Waals surface area contributed by atoms with Gasteiger partial charge in [0.05, 0.1) is 19.8 Å². The first-order valence-corrected chi connectivity index (χ1v) is 10.6. The second-order valence-corrected chi connectivity index (χ2v) is 8.27. The van der Waals surface area contributed by atoms with E-state index in [1.807, 2.05) is 36.4 Å². The molecule has 160 valence electrons. The summed E-state index contributed by atoms with van der Waals surface area (Å²) in [5, 5.41) is 11.5. The molecular formula is C25H31NO4. The number of para-hydroxylation sites is 1. The molecule has 0 amide bonds. The van der Waals surface area contributed by atoms with Crippen molar-refractivity contribution in [1.29, 1.82) is 0 Å². The highest BCUT2D eigenvalue weighted by atomic mass is 16.5. The first kappa shape index (κ1) is 20.8. The molecule has 0 radical (unpaired) electrons. The van der Waals surface area contributed by atoms with Crippen LogP contribution in [0.1, 0.15) is 36.8 Å². The van der Waals surface area contributed by atoms with E-state index in [-0.39, 0.29) is 0 Å². The van der Waals surface area contributed by atoms with Crippen LogP contribution in [0.2, 0.25) is 0 Å². The molecule has 0 saturated carbocycles. The summed E-state index contributed by atoms with van der Waals surface area (Å²) < 4.78 is 16.7. The summed E-state index contributed by atoms with van der Waals surface area (Å²) in [6.45, 7) is 4.99. The Morgan fingerprint density at radius 2 is 1.77 bits per heavy atom. The van der Waals surface area contributed by atoms with Gasteiger partial charge in [0.1, 0.15) is 12.4 Å². The van der Waals surface area contributed by atoms with E-state index in [0.29, 0.717) is 18.7 Å². The molecule has 4 rings (SSSR count). The monoisotopic (exact) mass is 409 g/mol. The van der Waals surface area contributed by atoms with Gasteiger partial charge in [-0.25, -0.2) is 0 Å². The van der Waals surface area contributed by atoms with Crippen molar-refractivity contribution in [2.75, 3.05) is 20.8 Å². The molecule has 0 aliphatic carbocycles. The lowest BCUT2D eigenvalue weighted by Crippen LogP contribution is -2.49. The first-order chi connectivity index (χ1) is 14.6. The maximum absolute atomic E-state index is 11.5. The summed E-state index contributed by atoms with van der Waals surface area (Å²) >= 11 is 0. The minimum atomic E-state index is -0.787. The van der Waals surface area contributed by atoms with E-state index in [9.17, 15) is 5.11 Å². The number of ether oxygens (including phenoxy) is 3. The van der Waals surface area contributed by atoms with E-state index in [1.54, 1.807) is 20.3 Å². The number of nitrogens with zero attached hydrogens (tertiary/aromatic N) is 1.